The molecule has 0 aliphatic heterocycles. The summed E-state index contributed by atoms with van der Waals surface area (Å²) in [5.74, 6) is -0.0247. The monoisotopic (exact) mass is 1190 g/mol. The van der Waals surface area contributed by atoms with E-state index in [-0.39, 0.29) is 18.5 Å². The molecule has 0 radical (unpaired) electrons. The van der Waals surface area contributed by atoms with Crippen molar-refractivity contribution in [2.75, 3.05) is 13.2 Å². The number of amides is 1. The highest BCUT2D eigenvalue weighted by Gasteiger charge is 2.20. The number of carbonyl (C=O) groups is 2. The van der Waals surface area contributed by atoms with Crippen molar-refractivity contribution < 1.29 is 24.5 Å². The van der Waals surface area contributed by atoms with Gasteiger partial charge in [-0.1, -0.05) is 371 Å². The first kappa shape index (κ1) is 83.1. The number of allylic oxidation sites excluding steroid dienone is 6. The van der Waals surface area contributed by atoms with E-state index in [1.807, 2.05) is 0 Å². The van der Waals surface area contributed by atoms with Crippen molar-refractivity contribution in [3.8, 4) is 0 Å². The van der Waals surface area contributed by atoms with E-state index < -0.39 is 12.1 Å². The van der Waals surface area contributed by atoms with Gasteiger partial charge in [-0.25, -0.2) is 0 Å². The first-order valence-electron chi connectivity index (χ1n) is 38.7. The van der Waals surface area contributed by atoms with Crippen LogP contribution in [0.3, 0.4) is 0 Å². The minimum atomic E-state index is -0.666. The molecule has 0 aliphatic rings. The molecule has 0 aliphatic carbocycles. The van der Waals surface area contributed by atoms with E-state index >= 15 is 0 Å². The molecular formula is C79H151NO5. The summed E-state index contributed by atoms with van der Waals surface area (Å²) in [6, 6.07) is -0.543. The van der Waals surface area contributed by atoms with Gasteiger partial charge in [-0.3, -0.25) is 9.59 Å². The van der Waals surface area contributed by atoms with Crippen molar-refractivity contribution in [2.45, 2.75) is 443 Å². The van der Waals surface area contributed by atoms with E-state index in [1.54, 1.807) is 0 Å². The van der Waals surface area contributed by atoms with E-state index in [2.05, 4.69) is 55.6 Å². The zero-order valence-corrected chi connectivity index (χ0v) is 57.6. The van der Waals surface area contributed by atoms with Crippen LogP contribution in [0.1, 0.15) is 431 Å². The van der Waals surface area contributed by atoms with Crippen LogP contribution < -0.4 is 5.32 Å². The standard InChI is InChI=1S/C79H151NO5/c1-3-5-7-9-11-13-15-17-18-19-20-21-22-32-35-38-41-44-48-51-55-59-63-67-71-77(82)76(75-81)80-78(83)72-68-64-60-56-52-49-45-42-39-36-33-30-28-26-24-23-25-27-29-31-34-37-40-43-46-50-54-58-62-66-70-74-85-79(84)73-69-65-61-57-53-47-16-14-12-10-8-6-4-2/h14,16,25,27,31,34,76-77,81-82H,3-13,15,17-24,26,28-30,32-33,35-75H2,1-2H3,(H,80,83)/b16-14-,27-25-,34-31-. The lowest BCUT2D eigenvalue weighted by molar-refractivity contribution is -0.143. The van der Waals surface area contributed by atoms with Gasteiger partial charge in [-0.05, 0) is 83.5 Å². The maximum absolute atomic E-state index is 12.6. The maximum atomic E-state index is 12.6. The molecule has 0 spiro atoms. The molecule has 0 rings (SSSR count). The Morgan fingerprint density at radius 1 is 0.329 bits per heavy atom. The molecule has 1 amide bonds. The third kappa shape index (κ3) is 71.0. The molecular weight excluding hydrogens is 1040 g/mol. The fourth-order valence-electron chi connectivity index (χ4n) is 12.3. The van der Waals surface area contributed by atoms with E-state index in [0.717, 1.165) is 51.4 Å². The molecule has 0 heterocycles. The van der Waals surface area contributed by atoms with Crippen molar-refractivity contribution in [1.82, 2.24) is 5.32 Å². The Hall–Kier alpha value is -1.92. The van der Waals surface area contributed by atoms with Crippen molar-refractivity contribution in [1.29, 1.82) is 0 Å². The number of rotatable bonds is 73. The van der Waals surface area contributed by atoms with Gasteiger partial charge in [0, 0.05) is 12.8 Å². The molecule has 0 aromatic carbocycles. The number of hydrogen-bond acceptors (Lipinski definition) is 5. The van der Waals surface area contributed by atoms with Crippen molar-refractivity contribution in [3.63, 3.8) is 0 Å². The third-order valence-corrected chi connectivity index (χ3v) is 18.2. The molecule has 0 saturated heterocycles. The summed E-state index contributed by atoms with van der Waals surface area (Å²) in [7, 11) is 0. The minimum absolute atomic E-state index is 0.00454. The maximum Gasteiger partial charge on any atom is 0.305 e. The Morgan fingerprint density at radius 2 is 0.588 bits per heavy atom. The van der Waals surface area contributed by atoms with E-state index in [0.29, 0.717) is 25.9 Å². The fraction of sp³-hybridized carbons (Fsp3) is 0.899. The number of esters is 1. The van der Waals surface area contributed by atoms with Crippen molar-refractivity contribution in [3.05, 3.63) is 36.5 Å². The second-order valence-electron chi connectivity index (χ2n) is 26.7. The van der Waals surface area contributed by atoms with Gasteiger partial charge in [-0.2, -0.15) is 0 Å². The molecule has 3 N–H and O–H groups in total. The minimum Gasteiger partial charge on any atom is -0.466 e. The predicted molar refractivity (Wildman–Crippen MR) is 375 cm³/mol. The first-order valence-corrected chi connectivity index (χ1v) is 38.7. The van der Waals surface area contributed by atoms with Gasteiger partial charge in [0.2, 0.25) is 5.91 Å². The molecule has 0 aromatic heterocycles. The van der Waals surface area contributed by atoms with Crippen LogP contribution in [0.15, 0.2) is 36.5 Å². The van der Waals surface area contributed by atoms with Crippen LogP contribution >= 0.6 is 0 Å². The Bertz CT molecular complexity index is 1380. The van der Waals surface area contributed by atoms with Crippen molar-refractivity contribution >= 4 is 11.9 Å². The summed E-state index contributed by atoms with van der Waals surface area (Å²) in [4.78, 5) is 24.6. The first-order chi connectivity index (χ1) is 42.0. The molecule has 2 unspecified atom stereocenters. The third-order valence-electron chi connectivity index (χ3n) is 18.2. The number of nitrogens with one attached hydrogen (secondary N) is 1. The zero-order valence-electron chi connectivity index (χ0n) is 57.6. The van der Waals surface area contributed by atoms with Gasteiger partial charge >= 0.3 is 5.97 Å². The fourth-order valence-corrected chi connectivity index (χ4v) is 12.3. The molecule has 85 heavy (non-hydrogen) atoms. The van der Waals surface area contributed by atoms with Crippen LogP contribution in [0.4, 0.5) is 0 Å². The Kier molecular flexibility index (Phi) is 72.9. The Balaban J connectivity index is 3.40. The van der Waals surface area contributed by atoms with Crippen LogP contribution in [-0.2, 0) is 14.3 Å². The summed E-state index contributed by atoms with van der Waals surface area (Å²) in [5, 5.41) is 23.5. The molecule has 0 bridgehead atoms. The number of unbranched alkanes of at least 4 members (excludes halogenated alkanes) is 56. The summed E-state index contributed by atoms with van der Waals surface area (Å²) in [6.45, 7) is 4.97. The quantitative estimate of drug-likeness (QED) is 0.0320. The average Bonchev–Trinajstić information content (AvgIpc) is 3.51. The largest absolute Gasteiger partial charge is 0.466 e. The van der Waals surface area contributed by atoms with Gasteiger partial charge in [0.15, 0.2) is 0 Å². The van der Waals surface area contributed by atoms with Crippen LogP contribution in [0.2, 0.25) is 0 Å². The van der Waals surface area contributed by atoms with Gasteiger partial charge in [0.05, 0.1) is 25.4 Å². The highest BCUT2D eigenvalue weighted by Crippen LogP contribution is 2.19. The van der Waals surface area contributed by atoms with Gasteiger partial charge < -0.3 is 20.3 Å². The topological polar surface area (TPSA) is 95.9 Å². The predicted octanol–water partition coefficient (Wildman–Crippen LogP) is 25.4. The normalized spacial score (nSPS) is 12.7. The summed E-state index contributed by atoms with van der Waals surface area (Å²) in [6.07, 6.45) is 96.5. The highest BCUT2D eigenvalue weighted by atomic mass is 16.5. The zero-order chi connectivity index (χ0) is 61.3. The van der Waals surface area contributed by atoms with Crippen LogP contribution in [0, 0.1) is 0 Å². The van der Waals surface area contributed by atoms with E-state index in [1.165, 1.54) is 347 Å². The molecule has 0 saturated carbocycles. The smallest absolute Gasteiger partial charge is 0.305 e. The van der Waals surface area contributed by atoms with Gasteiger partial charge in [0.1, 0.15) is 0 Å². The van der Waals surface area contributed by atoms with Crippen LogP contribution in [-0.4, -0.2) is 47.4 Å². The molecule has 6 nitrogen and oxygen atoms in total. The van der Waals surface area contributed by atoms with Gasteiger partial charge in [-0.15, -0.1) is 0 Å². The Morgan fingerprint density at radius 3 is 0.918 bits per heavy atom. The highest BCUT2D eigenvalue weighted by molar-refractivity contribution is 5.76. The summed E-state index contributed by atoms with van der Waals surface area (Å²) < 4.78 is 5.48. The second-order valence-corrected chi connectivity index (χ2v) is 26.7. The number of aliphatic hydroxyl groups is 2. The molecule has 6 heteroatoms. The van der Waals surface area contributed by atoms with Crippen LogP contribution in [0.5, 0.6) is 0 Å². The number of aliphatic hydroxyl groups excluding tert-OH is 2. The molecule has 0 fully saturated rings. The van der Waals surface area contributed by atoms with E-state index in [4.69, 9.17) is 4.74 Å². The lowest BCUT2D eigenvalue weighted by atomic mass is 10.0. The lowest BCUT2D eigenvalue weighted by Crippen LogP contribution is -2.45. The average molecular weight is 1200 g/mol. The Labute approximate surface area is 532 Å². The van der Waals surface area contributed by atoms with E-state index in [9.17, 15) is 19.8 Å². The summed E-state index contributed by atoms with van der Waals surface area (Å²) in [5.41, 5.74) is 0. The SMILES string of the molecule is CCCCCC/C=C\CCCCCCCC(=O)OCCCCCCCCCCC/C=C\C/C=C\CCCCCCCCCCCCCCCCCC(=O)NC(CO)C(O)CCCCCCCCCCCCCCCCCCCCCCCCCC. The molecule has 2 atom stereocenters. The molecule has 502 valence electrons. The van der Waals surface area contributed by atoms with Crippen LogP contribution in [0.25, 0.3) is 0 Å². The lowest BCUT2D eigenvalue weighted by Gasteiger charge is -2.22. The van der Waals surface area contributed by atoms with Crippen molar-refractivity contribution in [2.24, 2.45) is 0 Å². The second kappa shape index (κ2) is 74.5. The number of carbonyl (C=O) groups excluding carboxylic acids is 2. The van der Waals surface area contributed by atoms with Gasteiger partial charge in [0.25, 0.3) is 0 Å². The molecule has 0 aromatic rings. The number of ether oxygens (including phenoxy) is 1. The summed E-state index contributed by atoms with van der Waals surface area (Å²) >= 11 is 0. The number of hydrogen-bond donors (Lipinski definition) is 3.